The zero-order valence-corrected chi connectivity index (χ0v) is 16.2. The van der Waals surface area contributed by atoms with Crippen LogP contribution in [-0.4, -0.2) is 26.4 Å². The summed E-state index contributed by atoms with van der Waals surface area (Å²) in [5, 5.41) is 0.861. The SMILES string of the molecule is O=c1[nH]c(-c2ccco2)nc2c1CN(Cc1cnc(-c3ccc(F)cc3)s1)CC2. The van der Waals surface area contributed by atoms with Crippen LogP contribution in [0.3, 0.4) is 0 Å². The van der Waals surface area contributed by atoms with Crippen molar-refractivity contribution in [2.24, 2.45) is 0 Å². The van der Waals surface area contributed by atoms with Gasteiger partial charge in [-0.15, -0.1) is 11.3 Å². The van der Waals surface area contributed by atoms with Gasteiger partial charge in [-0.25, -0.2) is 14.4 Å². The minimum absolute atomic E-state index is 0.123. The Balaban J connectivity index is 1.33. The number of aromatic amines is 1. The van der Waals surface area contributed by atoms with E-state index in [1.54, 1.807) is 41.9 Å². The Morgan fingerprint density at radius 1 is 1.24 bits per heavy atom. The maximum absolute atomic E-state index is 13.1. The van der Waals surface area contributed by atoms with E-state index in [1.807, 2.05) is 6.20 Å². The van der Waals surface area contributed by atoms with Gasteiger partial charge in [0.2, 0.25) is 0 Å². The van der Waals surface area contributed by atoms with Gasteiger partial charge in [-0.2, -0.15) is 0 Å². The van der Waals surface area contributed by atoms with Gasteiger partial charge in [-0.05, 0) is 36.4 Å². The molecule has 3 aromatic heterocycles. The summed E-state index contributed by atoms with van der Waals surface area (Å²) in [5.41, 5.74) is 2.31. The molecule has 0 saturated carbocycles. The van der Waals surface area contributed by atoms with E-state index in [-0.39, 0.29) is 11.4 Å². The quantitative estimate of drug-likeness (QED) is 0.555. The van der Waals surface area contributed by atoms with Crippen molar-refractivity contribution < 1.29 is 8.81 Å². The molecule has 1 aromatic carbocycles. The summed E-state index contributed by atoms with van der Waals surface area (Å²) < 4.78 is 18.5. The average molecular weight is 408 g/mol. The van der Waals surface area contributed by atoms with Crippen LogP contribution in [0.1, 0.15) is 16.1 Å². The predicted octanol–water partition coefficient (Wildman–Crippen LogP) is 3.85. The molecule has 0 unspecified atom stereocenters. The van der Waals surface area contributed by atoms with E-state index < -0.39 is 0 Å². The van der Waals surface area contributed by atoms with Gasteiger partial charge in [0.1, 0.15) is 10.8 Å². The topological polar surface area (TPSA) is 75.0 Å². The molecular formula is C21H17FN4O2S. The molecule has 0 aliphatic carbocycles. The van der Waals surface area contributed by atoms with Gasteiger partial charge in [0, 0.05) is 42.7 Å². The van der Waals surface area contributed by atoms with Crippen molar-refractivity contribution in [1.82, 2.24) is 19.9 Å². The lowest BCUT2D eigenvalue weighted by molar-refractivity contribution is 0.244. The van der Waals surface area contributed by atoms with Crippen LogP contribution < -0.4 is 5.56 Å². The van der Waals surface area contributed by atoms with Gasteiger partial charge >= 0.3 is 0 Å². The Labute approximate surface area is 169 Å². The Hall–Kier alpha value is -3.10. The van der Waals surface area contributed by atoms with Crippen molar-refractivity contribution in [3.05, 3.63) is 81.2 Å². The smallest absolute Gasteiger partial charge is 0.256 e. The molecule has 4 heterocycles. The number of fused-ring (bicyclic) bond motifs is 1. The van der Waals surface area contributed by atoms with E-state index in [4.69, 9.17) is 4.42 Å². The van der Waals surface area contributed by atoms with Gasteiger partial charge in [-0.1, -0.05) is 0 Å². The first-order chi connectivity index (χ1) is 14.2. The third-order valence-electron chi connectivity index (χ3n) is 4.93. The number of H-pyrrole nitrogens is 1. The van der Waals surface area contributed by atoms with Crippen molar-refractivity contribution in [2.45, 2.75) is 19.5 Å². The van der Waals surface area contributed by atoms with Gasteiger partial charge in [-0.3, -0.25) is 9.69 Å². The Morgan fingerprint density at radius 2 is 2.10 bits per heavy atom. The highest BCUT2D eigenvalue weighted by Gasteiger charge is 2.22. The van der Waals surface area contributed by atoms with E-state index in [0.717, 1.165) is 27.7 Å². The second-order valence-corrected chi connectivity index (χ2v) is 8.03. The lowest BCUT2D eigenvalue weighted by Gasteiger charge is -2.26. The van der Waals surface area contributed by atoms with Crippen LogP contribution in [0.2, 0.25) is 0 Å². The second kappa shape index (κ2) is 7.38. The highest BCUT2D eigenvalue weighted by molar-refractivity contribution is 7.15. The summed E-state index contributed by atoms with van der Waals surface area (Å²) in [6.07, 6.45) is 4.11. The van der Waals surface area contributed by atoms with Crippen molar-refractivity contribution in [1.29, 1.82) is 0 Å². The Morgan fingerprint density at radius 3 is 2.90 bits per heavy atom. The van der Waals surface area contributed by atoms with E-state index >= 15 is 0 Å². The molecule has 6 nitrogen and oxygen atoms in total. The van der Waals surface area contributed by atoms with Crippen LogP contribution in [0.4, 0.5) is 4.39 Å². The van der Waals surface area contributed by atoms with Crippen molar-refractivity contribution >= 4 is 11.3 Å². The van der Waals surface area contributed by atoms with Crippen molar-refractivity contribution in [2.75, 3.05) is 6.54 Å². The molecule has 0 spiro atoms. The third-order valence-corrected chi connectivity index (χ3v) is 5.96. The fourth-order valence-electron chi connectivity index (χ4n) is 3.47. The average Bonchev–Trinajstić information content (AvgIpc) is 3.41. The minimum atomic E-state index is -0.258. The molecule has 1 aliphatic heterocycles. The Kier molecular flexibility index (Phi) is 4.57. The van der Waals surface area contributed by atoms with Crippen LogP contribution >= 0.6 is 11.3 Å². The number of benzene rings is 1. The molecule has 1 N–H and O–H groups in total. The van der Waals surface area contributed by atoms with E-state index in [0.29, 0.717) is 36.7 Å². The molecular weight excluding hydrogens is 391 g/mol. The summed E-state index contributed by atoms with van der Waals surface area (Å²) >= 11 is 1.58. The highest BCUT2D eigenvalue weighted by atomic mass is 32.1. The first-order valence-corrected chi connectivity index (χ1v) is 10.1. The summed E-state index contributed by atoms with van der Waals surface area (Å²) in [4.78, 5) is 27.8. The van der Waals surface area contributed by atoms with E-state index in [9.17, 15) is 9.18 Å². The molecule has 0 atom stereocenters. The van der Waals surface area contributed by atoms with E-state index in [1.165, 1.54) is 12.1 Å². The van der Waals surface area contributed by atoms with Crippen LogP contribution in [0.25, 0.3) is 22.2 Å². The van der Waals surface area contributed by atoms with Crippen molar-refractivity contribution in [3.63, 3.8) is 0 Å². The first kappa shape index (κ1) is 18.0. The zero-order chi connectivity index (χ0) is 19.8. The van der Waals surface area contributed by atoms with Gasteiger partial charge in [0.05, 0.1) is 17.5 Å². The molecule has 4 aromatic rings. The molecule has 0 fully saturated rings. The number of aromatic nitrogens is 3. The van der Waals surface area contributed by atoms with Gasteiger partial charge in [0.25, 0.3) is 5.56 Å². The number of nitrogens with zero attached hydrogens (tertiary/aromatic N) is 3. The monoisotopic (exact) mass is 408 g/mol. The molecule has 146 valence electrons. The largest absolute Gasteiger partial charge is 0.461 e. The lowest BCUT2D eigenvalue weighted by Crippen LogP contribution is -2.35. The summed E-state index contributed by atoms with van der Waals surface area (Å²) in [5.74, 6) is 0.774. The Bertz CT molecular complexity index is 1200. The number of thiazole rings is 1. The van der Waals surface area contributed by atoms with Gasteiger partial charge < -0.3 is 9.40 Å². The molecule has 29 heavy (non-hydrogen) atoms. The molecule has 8 heteroatoms. The van der Waals surface area contributed by atoms with Crippen molar-refractivity contribution in [3.8, 4) is 22.2 Å². The number of furan rings is 1. The number of halogens is 1. The third kappa shape index (κ3) is 3.64. The number of hydrogen-bond acceptors (Lipinski definition) is 6. The number of hydrogen-bond donors (Lipinski definition) is 1. The number of nitrogens with one attached hydrogen (secondary N) is 1. The molecule has 1 aliphatic rings. The van der Waals surface area contributed by atoms with Crippen LogP contribution in [0, 0.1) is 5.82 Å². The summed E-state index contributed by atoms with van der Waals surface area (Å²) in [6, 6.07) is 9.89. The maximum atomic E-state index is 13.1. The lowest BCUT2D eigenvalue weighted by atomic mass is 10.1. The first-order valence-electron chi connectivity index (χ1n) is 9.24. The van der Waals surface area contributed by atoms with Crippen LogP contribution in [0.5, 0.6) is 0 Å². The fraction of sp³-hybridized carbons (Fsp3) is 0.190. The van der Waals surface area contributed by atoms with Crippen LogP contribution in [-0.2, 0) is 19.5 Å². The summed E-state index contributed by atoms with van der Waals surface area (Å²) in [7, 11) is 0. The molecule has 0 bridgehead atoms. The van der Waals surface area contributed by atoms with E-state index in [2.05, 4.69) is 19.9 Å². The summed E-state index contributed by atoms with van der Waals surface area (Å²) in [6.45, 7) is 2.06. The minimum Gasteiger partial charge on any atom is -0.461 e. The molecule has 5 rings (SSSR count). The standard InChI is InChI=1S/C21H17FN4O2S/c22-14-5-3-13(4-6-14)21-23-10-15(29-21)11-26-8-7-17-16(12-26)20(27)25-19(24-17)18-2-1-9-28-18/h1-6,9-10H,7-8,11-12H2,(H,24,25,27). The zero-order valence-electron chi connectivity index (χ0n) is 15.4. The maximum Gasteiger partial charge on any atom is 0.256 e. The predicted molar refractivity (Wildman–Crippen MR) is 108 cm³/mol. The molecule has 0 amide bonds. The second-order valence-electron chi connectivity index (χ2n) is 6.92. The molecule has 0 radical (unpaired) electrons. The fourth-order valence-corrected chi connectivity index (χ4v) is 4.43. The molecule has 0 saturated heterocycles. The van der Waals surface area contributed by atoms with Crippen LogP contribution in [0.15, 0.2) is 58.1 Å². The van der Waals surface area contributed by atoms with Gasteiger partial charge in [0.15, 0.2) is 11.6 Å². The highest BCUT2D eigenvalue weighted by Crippen LogP contribution is 2.27. The number of rotatable bonds is 4. The normalized spacial score (nSPS) is 14.1.